The second-order valence-electron chi connectivity index (χ2n) is 9.40. The topological polar surface area (TPSA) is 106 Å². The Hall–Kier alpha value is -3.11. The number of hydroxylamine groups is 2. The van der Waals surface area contributed by atoms with Crippen molar-refractivity contribution in [3.8, 4) is 11.5 Å². The second kappa shape index (κ2) is 11.7. The molecule has 2 aliphatic rings. The molecule has 1 aromatic carbocycles. The number of carbonyl (C=O) groups excluding carboxylic acids is 1. The number of fused-ring (bicyclic) bond motifs is 1. The molecule has 2 aromatic rings. The van der Waals surface area contributed by atoms with E-state index >= 15 is 0 Å². The summed E-state index contributed by atoms with van der Waals surface area (Å²) in [5.74, 6) is 0.161. The van der Waals surface area contributed by atoms with Crippen molar-refractivity contribution in [2.24, 2.45) is 13.0 Å². The summed E-state index contributed by atoms with van der Waals surface area (Å²) in [6.07, 6.45) is 6.37. The van der Waals surface area contributed by atoms with E-state index in [1.165, 1.54) is 5.06 Å². The molecule has 1 unspecified atom stereocenters. The molecule has 3 heterocycles. The average molecular weight is 501 g/mol. The maximum atomic E-state index is 13.3. The molecule has 36 heavy (non-hydrogen) atoms. The van der Waals surface area contributed by atoms with Gasteiger partial charge in [-0.1, -0.05) is 19.9 Å². The predicted octanol–water partition coefficient (Wildman–Crippen LogP) is 2.83. The Morgan fingerprint density at radius 3 is 2.72 bits per heavy atom. The summed E-state index contributed by atoms with van der Waals surface area (Å²) in [7, 11) is 1.93. The van der Waals surface area contributed by atoms with E-state index in [-0.39, 0.29) is 31.2 Å². The van der Waals surface area contributed by atoms with Gasteiger partial charge in [-0.05, 0) is 37.0 Å². The maximum Gasteiger partial charge on any atom is 0.308 e. The molecule has 1 saturated heterocycles. The largest absolute Gasteiger partial charge is 0.481 e. The smallest absolute Gasteiger partial charge is 0.308 e. The standard InChI is InChI=1S/C26H36N4O6/c1-4-11-30(36-13-5-2)24(31)16-29-15-19(18-6-8-21-22(14-18)35-17-34-21)25(26(32)33)20(29)7-9-23-27-10-12-28(23)3/h6,8,10,12,14,19-20,25H,4-5,7,9,11,13,15-17H2,1-3H3,(H,32,33)/t19-,20+,25?/m1/s1. The second-order valence-corrected chi connectivity index (χ2v) is 9.40. The van der Waals surface area contributed by atoms with E-state index < -0.39 is 11.9 Å². The lowest BCUT2D eigenvalue weighted by molar-refractivity contribution is -0.188. The van der Waals surface area contributed by atoms with E-state index in [9.17, 15) is 14.7 Å². The molecule has 0 saturated carbocycles. The number of imidazole rings is 1. The van der Waals surface area contributed by atoms with Crippen LogP contribution in [0.25, 0.3) is 0 Å². The van der Waals surface area contributed by atoms with E-state index in [4.69, 9.17) is 14.3 Å². The molecule has 3 atom stereocenters. The molecular weight excluding hydrogens is 464 g/mol. The number of ether oxygens (including phenoxy) is 2. The summed E-state index contributed by atoms with van der Waals surface area (Å²) in [5.41, 5.74) is 0.872. The Morgan fingerprint density at radius 1 is 1.22 bits per heavy atom. The first kappa shape index (κ1) is 26.0. The maximum absolute atomic E-state index is 13.3. The summed E-state index contributed by atoms with van der Waals surface area (Å²) in [4.78, 5) is 38.0. The number of nitrogens with zero attached hydrogens (tertiary/aromatic N) is 4. The van der Waals surface area contributed by atoms with Crippen molar-refractivity contribution < 1.29 is 29.0 Å². The Kier molecular flexibility index (Phi) is 8.48. The molecule has 10 heteroatoms. The number of aromatic nitrogens is 2. The number of hydrogen-bond donors (Lipinski definition) is 1. The number of hydrogen-bond acceptors (Lipinski definition) is 7. The van der Waals surface area contributed by atoms with E-state index in [2.05, 4.69) is 4.98 Å². The minimum Gasteiger partial charge on any atom is -0.481 e. The molecule has 1 aromatic heterocycles. The van der Waals surface area contributed by atoms with E-state index in [1.54, 1.807) is 6.20 Å². The molecule has 0 radical (unpaired) electrons. The minimum atomic E-state index is -0.870. The first-order valence-corrected chi connectivity index (χ1v) is 12.7. The lowest BCUT2D eigenvalue weighted by Crippen LogP contribution is -2.44. The molecule has 0 aliphatic carbocycles. The molecule has 196 valence electrons. The summed E-state index contributed by atoms with van der Waals surface area (Å²) in [5, 5.41) is 11.8. The van der Waals surface area contributed by atoms with Crippen LogP contribution in [-0.2, 0) is 27.9 Å². The van der Waals surface area contributed by atoms with Crippen LogP contribution in [0.4, 0.5) is 0 Å². The van der Waals surface area contributed by atoms with Crippen LogP contribution in [0.15, 0.2) is 30.6 Å². The number of benzene rings is 1. The van der Waals surface area contributed by atoms with Gasteiger partial charge in [0.15, 0.2) is 11.5 Å². The fourth-order valence-electron chi connectivity index (χ4n) is 5.17. The van der Waals surface area contributed by atoms with Gasteiger partial charge in [0.1, 0.15) is 5.82 Å². The molecule has 1 fully saturated rings. The van der Waals surface area contributed by atoms with Crippen molar-refractivity contribution in [1.29, 1.82) is 0 Å². The summed E-state index contributed by atoms with van der Waals surface area (Å²) < 4.78 is 12.9. The number of likely N-dealkylation sites (tertiary alicyclic amines) is 1. The highest BCUT2D eigenvalue weighted by Gasteiger charge is 2.47. The Labute approximate surface area is 211 Å². The van der Waals surface area contributed by atoms with Crippen LogP contribution in [0.5, 0.6) is 11.5 Å². The first-order chi connectivity index (χ1) is 17.4. The lowest BCUT2D eigenvalue weighted by Gasteiger charge is -2.29. The molecular formula is C26H36N4O6. The van der Waals surface area contributed by atoms with Gasteiger partial charge in [0.05, 0.1) is 19.1 Å². The SMILES string of the molecule is CCCON(CCC)C(=O)CN1C[C@H](c2ccc3c(c2)OCO3)C(C(=O)O)[C@@H]1CCc1nccn1C. The van der Waals surface area contributed by atoms with Crippen molar-refractivity contribution >= 4 is 11.9 Å². The molecule has 1 N–H and O–H groups in total. The highest BCUT2D eigenvalue weighted by molar-refractivity contribution is 5.78. The first-order valence-electron chi connectivity index (χ1n) is 12.7. The van der Waals surface area contributed by atoms with Crippen LogP contribution < -0.4 is 9.47 Å². The van der Waals surface area contributed by atoms with Gasteiger partial charge in [-0.2, -0.15) is 0 Å². The van der Waals surface area contributed by atoms with Gasteiger partial charge in [0, 0.05) is 50.9 Å². The highest BCUT2D eigenvalue weighted by Crippen LogP contribution is 2.43. The van der Waals surface area contributed by atoms with Crippen molar-refractivity contribution in [3.63, 3.8) is 0 Å². The average Bonchev–Trinajstić information content (AvgIpc) is 3.58. The van der Waals surface area contributed by atoms with E-state index in [0.717, 1.165) is 24.2 Å². The van der Waals surface area contributed by atoms with E-state index in [1.807, 2.05) is 54.8 Å². The van der Waals surface area contributed by atoms with Crippen molar-refractivity contribution in [3.05, 3.63) is 42.0 Å². The van der Waals surface area contributed by atoms with Crippen LogP contribution in [0.2, 0.25) is 0 Å². The van der Waals surface area contributed by atoms with Crippen LogP contribution in [0.3, 0.4) is 0 Å². The Bertz CT molecular complexity index is 1060. The minimum absolute atomic E-state index is 0.0970. The molecule has 10 nitrogen and oxygen atoms in total. The summed E-state index contributed by atoms with van der Waals surface area (Å²) in [6.45, 7) is 5.66. The number of aryl methyl sites for hydroxylation is 2. The zero-order valence-electron chi connectivity index (χ0n) is 21.3. The summed E-state index contributed by atoms with van der Waals surface area (Å²) >= 11 is 0. The normalized spacial score (nSPS) is 21.1. The number of carboxylic acid groups (broad SMARTS) is 1. The zero-order chi connectivity index (χ0) is 25.7. The third-order valence-corrected chi connectivity index (χ3v) is 6.94. The van der Waals surface area contributed by atoms with Gasteiger partial charge in [-0.3, -0.25) is 19.3 Å². The van der Waals surface area contributed by atoms with Crippen LogP contribution >= 0.6 is 0 Å². The molecule has 4 rings (SSSR count). The van der Waals surface area contributed by atoms with Crippen molar-refractivity contribution in [2.75, 3.05) is 33.0 Å². The lowest BCUT2D eigenvalue weighted by atomic mass is 9.83. The fourth-order valence-corrected chi connectivity index (χ4v) is 5.17. The number of aliphatic carboxylic acids is 1. The van der Waals surface area contributed by atoms with Crippen LogP contribution in [-0.4, -0.2) is 75.6 Å². The number of carbonyl (C=O) groups is 2. The van der Waals surface area contributed by atoms with Gasteiger partial charge in [-0.25, -0.2) is 10.0 Å². The third kappa shape index (κ3) is 5.65. The Morgan fingerprint density at radius 2 is 2.03 bits per heavy atom. The van der Waals surface area contributed by atoms with E-state index in [0.29, 0.717) is 44.0 Å². The molecule has 0 bridgehead atoms. The Balaban J connectivity index is 1.60. The van der Waals surface area contributed by atoms with Crippen molar-refractivity contribution in [1.82, 2.24) is 19.5 Å². The molecule has 1 amide bonds. The predicted molar refractivity (Wildman–Crippen MR) is 132 cm³/mol. The molecule has 2 aliphatic heterocycles. The number of rotatable bonds is 12. The number of amides is 1. The van der Waals surface area contributed by atoms with Crippen LogP contribution in [0, 0.1) is 5.92 Å². The van der Waals surface area contributed by atoms with Gasteiger partial charge < -0.3 is 19.1 Å². The third-order valence-electron chi connectivity index (χ3n) is 6.94. The van der Waals surface area contributed by atoms with Gasteiger partial charge in [0.25, 0.3) is 5.91 Å². The molecule has 0 spiro atoms. The number of carboxylic acids is 1. The van der Waals surface area contributed by atoms with Gasteiger partial charge in [-0.15, -0.1) is 0 Å². The summed E-state index contributed by atoms with van der Waals surface area (Å²) in [6, 6.07) is 5.27. The van der Waals surface area contributed by atoms with Gasteiger partial charge in [0.2, 0.25) is 6.79 Å². The zero-order valence-corrected chi connectivity index (χ0v) is 21.3. The van der Waals surface area contributed by atoms with Crippen LogP contribution in [0.1, 0.15) is 50.4 Å². The quantitative estimate of drug-likeness (QED) is 0.444. The van der Waals surface area contributed by atoms with Crippen molar-refractivity contribution in [2.45, 2.75) is 51.5 Å². The van der Waals surface area contributed by atoms with Gasteiger partial charge >= 0.3 is 5.97 Å². The fraction of sp³-hybridized carbons (Fsp3) is 0.577. The monoisotopic (exact) mass is 500 g/mol. The highest BCUT2D eigenvalue weighted by atomic mass is 16.7.